The predicted octanol–water partition coefficient (Wildman–Crippen LogP) is -0.389. The summed E-state index contributed by atoms with van der Waals surface area (Å²) in [6.45, 7) is 0. The van der Waals surface area contributed by atoms with Gasteiger partial charge in [0.15, 0.2) is 0 Å². The van der Waals surface area contributed by atoms with Crippen LogP contribution in [0.4, 0.5) is 9.59 Å². The van der Waals surface area contributed by atoms with E-state index in [2.05, 4.69) is 30.6 Å². The number of hydrogen-bond donors (Lipinski definition) is 3. The fourth-order valence-electron chi connectivity index (χ4n) is 0.795. The molecule has 0 aromatic carbocycles. The van der Waals surface area contributed by atoms with Crippen LogP contribution in [0.15, 0.2) is 10.3 Å². The molecule has 0 unspecified atom stereocenters. The molecule has 0 saturated heterocycles. The molecule has 12 nitrogen and oxygen atoms in total. The highest BCUT2D eigenvalue weighted by Gasteiger charge is 2.14. The Morgan fingerprint density at radius 2 is 1.27 bits per heavy atom. The van der Waals surface area contributed by atoms with Crippen molar-refractivity contribution in [3.8, 4) is 0 Å². The SMILES string of the molecule is CNC(=O)ON=C(SC)C(=O)N(C)C.CNC(=O)ON=C(SC)C(N)=O. The Morgan fingerprint density at radius 3 is 1.54 bits per heavy atom. The number of thioether (sulfide) groups is 2. The van der Waals surface area contributed by atoms with Crippen molar-refractivity contribution in [3.63, 3.8) is 0 Å². The highest BCUT2D eigenvalue weighted by molar-refractivity contribution is 8.15. The van der Waals surface area contributed by atoms with Crippen molar-refractivity contribution in [3.05, 3.63) is 0 Å². The van der Waals surface area contributed by atoms with Gasteiger partial charge in [0.2, 0.25) is 10.1 Å². The van der Waals surface area contributed by atoms with Crippen molar-refractivity contribution in [1.29, 1.82) is 0 Å². The molecule has 0 bridgehead atoms. The first-order chi connectivity index (χ1) is 12.1. The highest BCUT2D eigenvalue weighted by Crippen LogP contribution is 2.02. The van der Waals surface area contributed by atoms with Gasteiger partial charge in [-0.3, -0.25) is 19.3 Å². The largest absolute Gasteiger partial charge is 0.433 e. The Balaban J connectivity index is 0. The highest BCUT2D eigenvalue weighted by atomic mass is 32.2. The summed E-state index contributed by atoms with van der Waals surface area (Å²) >= 11 is 2.11. The lowest BCUT2D eigenvalue weighted by molar-refractivity contribution is -0.121. The number of nitrogens with zero attached hydrogens (tertiary/aromatic N) is 3. The molecule has 0 heterocycles. The van der Waals surface area contributed by atoms with Crippen LogP contribution >= 0.6 is 23.5 Å². The van der Waals surface area contributed by atoms with E-state index in [4.69, 9.17) is 5.73 Å². The van der Waals surface area contributed by atoms with Crippen molar-refractivity contribution >= 4 is 57.6 Å². The van der Waals surface area contributed by atoms with Crippen molar-refractivity contribution in [2.45, 2.75) is 0 Å². The van der Waals surface area contributed by atoms with Crippen LogP contribution in [0.25, 0.3) is 0 Å². The maximum atomic E-state index is 11.3. The summed E-state index contributed by atoms with van der Waals surface area (Å²) in [4.78, 5) is 52.9. The molecule has 26 heavy (non-hydrogen) atoms. The number of carbonyl (C=O) groups excluding carboxylic acids is 4. The van der Waals surface area contributed by atoms with E-state index < -0.39 is 18.1 Å². The van der Waals surface area contributed by atoms with Gasteiger partial charge in [0.1, 0.15) is 0 Å². The fraction of sp³-hybridized carbons (Fsp3) is 0.500. The van der Waals surface area contributed by atoms with Gasteiger partial charge in [-0.05, 0) is 12.5 Å². The molecule has 0 aliphatic heterocycles. The van der Waals surface area contributed by atoms with Crippen LogP contribution in [0.1, 0.15) is 0 Å². The second-order valence-electron chi connectivity index (χ2n) is 4.02. The molecular formula is C12H22N6O6S2. The number of nitrogens with one attached hydrogen (secondary N) is 2. The van der Waals surface area contributed by atoms with Crippen LogP contribution in [-0.4, -0.2) is 79.7 Å². The van der Waals surface area contributed by atoms with Crippen LogP contribution in [0, 0.1) is 0 Å². The van der Waals surface area contributed by atoms with Crippen LogP contribution in [0.3, 0.4) is 0 Å². The van der Waals surface area contributed by atoms with E-state index in [0.29, 0.717) is 0 Å². The number of amides is 4. The Hall–Kier alpha value is -2.48. The molecule has 0 saturated carbocycles. The summed E-state index contributed by atoms with van der Waals surface area (Å²) in [6, 6.07) is 0. The molecule has 0 atom stereocenters. The fourth-order valence-corrected chi connectivity index (χ4v) is 1.58. The number of nitrogens with two attached hydrogens (primary N) is 1. The molecule has 0 aromatic rings. The van der Waals surface area contributed by atoms with E-state index in [-0.39, 0.29) is 16.0 Å². The quantitative estimate of drug-likeness (QED) is 0.240. The van der Waals surface area contributed by atoms with Gasteiger partial charge in [-0.1, -0.05) is 10.3 Å². The minimum atomic E-state index is -0.747. The molecule has 0 radical (unpaired) electrons. The molecule has 0 aliphatic rings. The van der Waals surface area contributed by atoms with Gasteiger partial charge in [0, 0.05) is 28.2 Å². The number of oxime groups is 2. The van der Waals surface area contributed by atoms with Crippen LogP contribution in [-0.2, 0) is 19.3 Å². The van der Waals surface area contributed by atoms with E-state index in [0.717, 1.165) is 23.5 Å². The number of hydrogen-bond acceptors (Lipinski definition) is 10. The minimum absolute atomic E-state index is 0.0569. The first-order valence-corrected chi connectivity index (χ1v) is 9.12. The molecule has 4 N–H and O–H groups in total. The summed E-state index contributed by atoms with van der Waals surface area (Å²) in [5.74, 6) is -1.03. The van der Waals surface area contributed by atoms with E-state index >= 15 is 0 Å². The molecule has 4 amide bonds. The Morgan fingerprint density at radius 1 is 0.885 bits per heavy atom. The van der Waals surface area contributed by atoms with Crippen LogP contribution in [0.2, 0.25) is 0 Å². The third-order valence-corrected chi connectivity index (χ3v) is 3.32. The summed E-state index contributed by atoms with van der Waals surface area (Å²) in [5.41, 5.74) is 4.87. The van der Waals surface area contributed by atoms with Crippen LogP contribution in [0.5, 0.6) is 0 Å². The first-order valence-electron chi connectivity index (χ1n) is 6.67. The van der Waals surface area contributed by atoms with E-state index in [1.165, 1.54) is 19.0 Å². The average molecular weight is 410 g/mol. The summed E-state index contributed by atoms with van der Waals surface area (Å²) < 4.78 is 0. The zero-order valence-corrected chi connectivity index (χ0v) is 16.8. The number of rotatable bonds is 2. The molecule has 0 aromatic heterocycles. The van der Waals surface area contributed by atoms with Gasteiger partial charge in [-0.25, -0.2) is 9.59 Å². The second-order valence-corrected chi connectivity index (χ2v) is 5.61. The lowest BCUT2D eigenvalue weighted by atomic mass is 10.6. The Labute approximate surface area is 159 Å². The number of carbonyl (C=O) groups is 4. The monoisotopic (exact) mass is 410 g/mol. The molecule has 0 rings (SSSR count). The van der Waals surface area contributed by atoms with Crippen molar-refractivity contribution in [2.24, 2.45) is 16.0 Å². The topological polar surface area (TPSA) is 165 Å². The van der Waals surface area contributed by atoms with E-state index in [1.807, 2.05) is 0 Å². The zero-order chi connectivity index (χ0) is 20.7. The lowest BCUT2D eigenvalue weighted by Gasteiger charge is -2.09. The molecule has 0 spiro atoms. The standard InChI is InChI=1S/C7H13N3O3S.C5H9N3O3S/c1-8-7(12)13-9-5(14-4)6(11)10(2)3;1-7-5(10)11-8-4(12-2)3(6)9/h1-4H3,(H,8,12);1-2H3,(H2,6,9)(H,7,10). The average Bonchev–Trinajstić information content (AvgIpc) is 2.62. The summed E-state index contributed by atoms with van der Waals surface area (Å²) in [6.07, 6.45) is 1.82. The van der Waals surface area contributed by atoms with Gasteiger partial charge in [-0.2, -0.15) is 0 Å². The molecule has 0 aliphatic carbocycles. The third kappa shape index (κ3) is 12.0. The van der Waals surface area contributed by atoms with Crippen LogP contribution < -0.4 is 16.4 Å². The minimum Gasteiger partial charge on any atom is -0.364 e. The molecule has 0 fully saturated rings. The van der Waals surface area contributed by atoms with Crippen molar-refractivity contribution in [2.75, 3.05) is 40.7 Å². The first kappa shape index (κ1) is 25.8. The van der Waals surface area contributed by atoms with Gasteiger partial charge >= 0.3 is 12.2 Å². The second kappa shape index (κ2) is 14.8. The van der Waals surface area contributed by atoms with Crippen molar-refractivity contribution < 1.29 is 28.9 Å². The van der Waals surface area contributed by atoms with Crippen molar-refractivity contribution in [1.82, 2.24) is 15.5 Å². The number of primary amides is 1. The molecular weight excluding hydrogens is 388 g/mol. The maximum absolute atomic E-state index is 11.3. The third-order valence-electron chi connectivity index (χ3n) is 2.02. The predicted molar refractivity (Wildman–Crippen MR) is 101 cm³/mol. The van der Waals surface area contributed by atoms with Gasteiger partial charge in [-0.15, -0.1) is 23.5 Å². The molecule has 14 heteroatoms. The normalized spacial score (nSPS) is 10.7. The van der Waals surface area contributed by atoms with E-state index in [9.17, 15) is 19.2 Å². The Bertz CT molecular complexity index is 566. The van der Waals surface area contributed by atoms with Gasteiger partial charge in [0.05, 0.1) is 0 Å². The summed E-state index contributed by atoms with van der Waals surface area (Å²) in [7, 11) is 5.97. The summed E-state index contributed by atoms with van der Waals surface area (Å²) in [5, 5.41) is 11.0. The Kier molecular flexibility index (Phi) is 14.7. The van der Waals surface area contributed by atoms with E-state index in [1.54, 1.807) is 26.6 Å². The van der Waals surface area contributed by atoms with Gasteiger partial charge in [0.25, 0.3) is 11.8 Å². The maximum Gasteiger partial charge on any atom is 0.433 e. The van der Waals surface area contributed by atoms with Gasteiger partial charge < -0.3 is 21.3 Å². The molecule has 148 valence electrons. The lowest BCUT2D eigenvalue weighted by Crippen LogP contribution is -2.28. The smallest absolute Gasteiger partial charge is 0.364 e. The zero-order valence-electron chi connectivity index (χ0n) is 15.2.